The maximum absolute atomic E-state index is 12.9. The highest BCUT2D eigenvalue weighted by Gasteiger charge is 2.29. The van der Waals surface area contributed by atoms with E-state index >= 15 is 0 Å². The van der Waals surface area contributed by atoms with Gasteiger partial charge in [-0.05, 0) is 34.1 Å². The Hall–Kier alpha value is -2.30. The molecule has 0 radical (unpaired) electrons. The number of fused-ring (bicyclic) bond motifs is 1. The summed E-state index contributed by atoms with van der Waals surface area (Å²) in [5.74, 6) is -2.37. The van der Waals surface area contributed by atoms with Crippen LogP contribution in [0.5, 0.6) is 5.75 Å². The van der Waals surface area contributed by atoms with E-state index in [4.69, 9.17) is 11.6 Å². The second-order valence-corrected chi connectivity index (χ2v) is 7.00. The van der Waals surface area contributed by atoms with E-state index in [1.54, 1.807) is 10.6 Å². The summed E-state index contributed by atoms with van der Waals surface area (Å²) in [6, 6.07) is 3.98. The number of aliphatic carboxylic acids is 1. The number of halogens is 4. The van der Waals surface area contributed by atoms with Gasteiger partial charge in [-0.1, -0.05) is 11.6 Å². The molecule has 1 atom stereocenters. The first kappa shape index (κ1) is 20.4. The minimum atomic E-state index is -3.11. The molecule has 0 fully saturated rings. The molecule has 2 heterocycles. The minimum absolute atomic E-state index is 0.139. The van der Waals surface area contributed by atoms with Crippen molar-refractivity contribution in [3.63, 3.8) is 0 Å². The number of alkyl halides is 2. The van der Waals surface area contributed by atoms with Gasteiger partial charge in [0.15, 0.2) is 5.65 Å². The van der Waals surface area contributed by atoms with E-state index in [9.17, 15) is 23.8 Å². The zero-order valence-corrected chi connectivity index (χ0v) is 16.4. The van der Waals surface area contributed by atoms with E-state index in [-0.39, 0.29) is 22.0 Å². The van der Waals surface area contributed by atoms with Gasteiger partial charge in [-0.25, -0.2) is 9.97 Å². The summed E-state index contributed by atoms with van der Waals surface area (Å²) in [6.07, 6.45) is 2.50. The molecule has 3 rings (SSSR count). The summed E-state index contributed by atoms with van der Waals surface area (Å²) in [5, 5.41) is 19.4. The third-order valence-corrected chi connectivity index (χ3v) is 4.66. The smallest absolute Gasteiger partial charge is 0.387 e. The highest BCUT2D eigenvalue weighted by atomic mass is 79.9. The average Bonchev–Trinajstić information content (AvgIpc) is 2.98. The SMILES string of the molecule is O=C(O)CC(c1cc(Cl)ccc1OC(F)F)c1c(CO)nc2cnc(Br)cn12. The highest BCUT2D eigenvalue weighted by molar-refractivity contribution is 9.10. The molecule has 2 aromatic heterocycles. The number of ether oxygens (including phenoxy) is 1. The summed E-state index contributed by atoms with van der Waals surface area (Å²) in [6.45, 7) is -3.60. The molecule has 1 unspecified atom stereocenters. The van der Waals surface area contributed by atoms with Gasteiger partial charge in [-0.3, -0.25) is 9.20 Å². The fourth-order valence-electron chi connectivity index (χ4n) is 3.01. The lowest BCUT2D eigenvalue weighted by atomic mass is 9.90. The Labute approximate surface area is 170 Å². The molecule has 3 aromatic rings. The quantitative estimate of drug-likeness (QED) is 0.538. The normalized spacial score (nSPS) is 12.5. The topological polar surface area (TPSA) is 97.0 Å². The molecule has 0 saturated carbocycles. The predicted octanol–water partition coefficient (Wildman–Crippen LogP) is 3.85. The van der Waals surface area contributed by atoms with Crippen molar-refractivity contribution in [1.82, 2.24) is 14.4 Å². The van der Waals surface area contributed by atoms with Crippen molar-refractivity contribution in [2.24, 2.45) is 0 Å². The lowest BCUT2D eigenvalue weighted by Crippen LogP contribution is -2.15. The molecule has 0 aliphatic heterocycles. The van der Waals surface area contributed by atoms with E-state index in [2.05, 4.69) is 30.6 Å². The van der Waals surface area contributed by atoms with Crippen LogP contribution in [0.4, 0.5) is 8.78 Å². The third kappa shape index (κ3) is 4.23. The summed E-state index contributed by atoms with van der Waals surface area (Å²) < 4.78 is 32.3. The van der Waals surface area contributed by atoms with Crippen molar-refractivity contribution in [2.75, 3.05) is 0 Å². The number of hydrogen-bond acceptors (Lipinski definition) is 5. The van der Waals surface area contributed by atoms with Crippen LogP contribution in [-0.4, -0.2) is 37.2 Å². The number of carbonyl (C=O) groups is 1. The average molecular weight is 477 g/mol. The van der Waals surface area contributed by atoms with E-state index in [1.165, 1.54) is 24.4 Å². The van der Waals surface area contributed by atoms with Gasteiger partial charge in [-0.15, -0.1) is 0 Å². The van der Waals surface area contributed by atoms with Crippen molar-refractivity contribution in [2.45, 2.75) is 25.6 Å². The number of aromatic nitrogens is 3. The number of hydrogen-bond donors (Lipinski definition) is 2. The van der Waals surface area contributed by atoms with Gasteiger partial charge in [-0.2, -0.15) is 8.78 Å². The number of nitrogens with zero attached hydrogens (tertiary/aromatic N) is 3. The van der Waals surface area contributed by atoms with Crippen LogP contribution in [0.25, 0.3) is 5.65 Å². The van der Waals surface area contributed by atoms with Crippen molar-refractivity contribution in [3.8, 4) is 5.75 Å². The van der Waals surface area contributed by atoms with Crippen molar-refractivity contribution in [3.05, 3.63) is 57.2 Å². The molecule has 148 valence electrons. The van der Waals surface area contributed by atoms with Crippen LogP contribution in [0, 0.1) is 0 Å². The molecule has 11 heteroatoms. The first-order valence-corrected chi connectivity index (χ1v) is 9.06. The van der Waals surface area contributed by atoms with Crippen LogP contribution in [-0.2, 0) is 11.4 Å². The molecule has 0 spiro atoms. The Balaban J connectivity index is 2.28. The van der Waals surface area contributed by atoms with E-state index < -0.39 is 31.5 Å². The number of imidazole rings is 1. The Kier molecular flexibility index (Phi) is 6.11. The molecular formula is C17H13BrClF2N3O4. The molecule has 7 nitrogen and oxygen atoms in total. The van der Waals surface area contributed by atoms with Gasteiger partial charge >= 0.3 is 12.6 Å². The monoisotopic (exact) mass is 475 g/mol. The van der Waals surface area contributed by atoms with Gasteiger partial charge in [0, 0.05) is 22.7 Å². The van der Waals surface area contributed by atoms with Gasteiger partial charge in [0.05, 0.1) is 30.6 Å². The van der Waals surface area contributed by atoms with E-state index in [1.807, 2.05) is 0 Å². The Morgan fingerprint density at radius 3 is 2.79 bits per heavy atom. The third-order valence-electron chi connectivity index (χ3n) is 4.01. The largest absolute Gasteiger partial charge is 0.481 e. The maximum atomic E-state index is 12.9. The van der Waals surface area contributed by atoms with Crippen LogP contribution >= 0.6 is 27.5 Å². The molecule has 0 bridgehead atoms. The van der Waals surface area contributed by atoms with Crippen LogP contribution in [0.3, 0.4) is 0 Å². The standard InChI is InChI=1S/C17H13BrClF2N3O4/c18-13-6-24-14(5-22-13)23-11(7-25)16(24)10(4-15(26)27)9-3-8(19)1-2-12(9)28-17(20)21/h1-3,5-6,10,17,25H,4,7H2,(H,26,27). The van der Waals surface area contributed by atoms with Gasteiger partial charge < -0.3 is 14.9 Å². The fourth-order valence-corrected chi connectivity index (χ4v) is 3.49. The predicted molar refractivity (Wildman–Crippen MR) is 98.8 cm³/mol. The molecule has 1 aromatic carbocycles. The molecule has 0 aliphatic rings. The zero-order chi connectivity index (χ0) is 20.4. The first-order chi connectivity index (χ1) is 13.3. The second kappa shape index (κ2) is 8.38. The summed E-state index contributed by atoms with van der Waals surface area (Å²) >= 11 is 9.26. The Bertz CT molecular complexity index is 1030. The first-order valence-electron chi connectivity index (χ1n) is 7.89. The van der Waals surface area contributed by atoms with Gasteiger partial charge in [0.2, 0.25) is 0 Å². The Morgan fingerprint density at radius 2 is 2.14 bits per heavy atom. The molecule has 28 heavy (non-hydrogen) atoms. The van der Waals surface area contributed by atoms with Crippen LogP contribution in [0.1, 0.15) is 29.3 Å². The Morgan fingerprint density at radius 1 is 1.39 bits per heavy atom. The van der Waals surface area contributed by atoms with E-state index in [0.29, 0.717) is 15.9 Å². The van der Waals surface area contributed by atoms with E-state index in [0.717, 1.165) is 0 Å². The van der Waals surface area contributed by atoms with Crippen molar-refractivity contribution >= 4 is 39.1 Å². The number of carboxylic acid groups (broad SMARTS) is 1. The number of rotatable bonds is 7. The second-order valence-electron chi connectivity index (χ2n) is 5.75. The van der Waals surface area contributed by atoms with Crippen LogP contribution < -0.4 is 4.74 Å². The maximum Gasteiger partial charge on any atom is 0.387 e. The summed E-state index contributed by atoms with van der Waals surface area (Å²) in [7, 11) is 0. The number of benzene rings is 1. The molecule has 2 N–H and O–H groups in total. The number of carboxylic acids is 1. The van der Waals surface area contributed by atoms with Crippen molar-refractivity contribution in [1.29, 1.82) is 0 Å². The number of aliphatic hydroxyl groups excluding tert-OH is 1. The number of aliphatic hydroxyl groups is 1. The lowest BCUT2D eigenvalue weighted by molar-refractivity contribution is -0.137. The lowest BCUT2D eigenvalue weighted by Gasteiger charge is -2.20. The summed E-state index contributed by atoms with van der Waals surface area (Å²) in [5.41, 5.74) is 0.995. The highest BCUT2D eigenvalue weighted by Crippen LogP contribution is 2.38. The minimum Gasteiger partial charge on any atom is -0.481 e. The van der Waals surface area contributed by atoms with Crippen LogP contribution in [0.15, 0.2) is 35.2 Å². The molecule has 0 saturated heterocycles. The molecule has 0 aliphatic carbocycles. The van der Waals surface area contributed by atoms with Crippen LogP contribution in [0.2, 0.25) is 5.02 Å². The zero-order valence-electron chi connectivity index (χ0n) is 14.0. The fraction of sp³-hybridized carbons (Fsp3) is 0.235. The van der Waals surface area contributed by atoms with Gasteiger partial charge in [0.1, 0.15) is 10.4 Å². The van der Waals surface area contributed by atoms with Crippen molar-refractivity contribution < 1.29 is 28.5 Å². The molecule has 0 amide bonds. The van der Waals surface area contributed by atoms with Gasteiger partial charge in [0.25, 0.3) is 0 Å². The summed E-state index contributed by atoms with van der Waals surface area (Å²) in [4.78, 5) is 19.9. The molecular weight excluding hydrogens is 464 g/mol.